The van der Waals surface area contributed by atoms with Crippen LogP contribution < -0.4 is 0 Å². The summed E-state index contributed by atoms with van der Waals surface area (Å²) in [6.45, 7) is 11.9. The van der Waals surface area contributed by atoms with Crippen molar-refractivity contribution in [3.05, 3.63) is 10.4 Å². The molecule has 0 saturated carbocycles. The number of azide groups is 1. The van der Waals surface area contributed by atoms with Gasteiger partial charge in [0.25, 0.3) is 0 Å². The summed E-state index contributed by atoms with van der Waals surface area (Å²) in [4.78, 5) is 2.80. The molecule has 2 N–H and O–H groups in total. The van der Waals surface area contributed by atoms with Crippen LogP contribution in [0.4, 0.5) is 0 Å². The highest BCUT2D eigenvalue weighted by Crippen LogP contribution is 2.40. The molecule has 0 bridgehead atoms. The lowest BCUT2D eigenvalue weighted by atomic mass is 9.90. The Morgan fingerprint density at radius 1 is 1.38 bits per heavy atom. The van der Waals surface area contributed by atoms with Crippen LogP contribution in [0.3, 0.4) is 0 Å². The van der Waals surface area contributed by atoms with Crippen LogP contribution in [-0.4, -0.2) is 49.7 Å². The van der Waals surface area contributed by atoms with Crippen molar-refractivity contribution in [2.75, 3.05) is 6.61 Å². The maximum Gasteiger partial charge on any atom is 0.195 e. The Labute approximate surface area is 127 Å². The third-order valence-electron chi connectivity index (χ3n) is 4.64. The molecule has 0 aliphatic carbocycles. The van der Waals surface area contributed by atoms with Gasteiger partial charge in [0.15, 0.2) is 14.6 Å². The predicted molar refractivity (Wildman–Crippen MR) is 82.1 cm³/mol. The molecule has 0 aromatic carbocycles. The molecule has 1 aliphatic heterocycles. The van der Waals surface area contributed by atoms with E-state index < -0.39 is 32.9 Å². The standard InChI is InChI=1S/C13H27N3O4Si/c1-8-9(7-17)19-12(10(11(8)18)15-16-14)20-21(5,6)13(2,3)4/h8-12,17-18H,7H2,1-6H3/t8-,9?,10?,11+,12?/m1/s1. The first-order valence-electron chi connectivity index (χ1n) is 7.21. The Balaban J connectivity index is 3.03. The lowest BCUT2D eigenvalue weighted by Gasteiger charge is -2.46. The van der Waals surface area contributed by atoms with E-state index in [9.17, 15) is 10.2 Å². The van der Waals surface area contributed by atoms with Crippen molar-refractivity contribution in [1.82, 2.24) is 0 Å². The molecule has 0 aromatic heterocycles. The van der Waals surface area contributed by atoms with E-state index in [1.807, 2.05) is 0 Å². The third kappa shape index (κ3) is 3.97. The molecule has 122 valence electrons. The van der Waals surface area contributed by atoms with Crippen molar-refractivity contribution in [1.29, 1.82) is 0 Å². The fraction of sp³-hybridized carbons (Fsp3) is 1.00. The molecule has 8 heteroatoms. The number of aliphatic hydroxyl groups excluding tert-OH is 2. The molecule has 0 amide bonds. The number of hydrogen-bond donors (Lipinski definition) is 2. The first-order valence-corrected chi connectivity index (χ1v) is 10.1. The third-order valence-corrected chi connectivity index (χ3v) is 9.08. The Morgan fingerprint density at radius 3 is 2.38 bits per heavy atom. The quantitative estimate of drug-likeness (QED) is 0.359. The molecule has 7 nitrogen and oxygen atoms in total. The van der Waals surface area contributed by atoms with Crippen molar-refractivity contribution in [2.24, 2.45) is 11.0 Å². The lowest BCUT2D eigenvalue weighted by molar-refractivity contribution is -0.222. The Morgan fingerprint density at radius 2 is 1.95 bits per heavy atom. The zero-order chi connectivity index (χ0) is 16.4. The predicted octanol–water partition coefficient (Wildman–Crippen LogP) is 2.40. The zero-order valence-corrected chi connectivity index (χ0v) is 14.6. The van der Waals surface area contributed by atoms with Gasteiger partial charge in [-0.25, -0.2) is 0 Å². The average molecular weight is 317 g/mol. The van der Waals surface area contributed by atoms with Gasteiger partial charge in [-0.1, -0.05) is 32.8 Å². The summed E-state index contributed by atoms with van der Waals surface area (Å²) in [5, 5.41) is 23.3. The van der Waals surface area contributed by atoms with E-state index in [4.69, 9.17) is 14.7 Å². The highest BCUT2D eigenvalue weighted by molar-refractivity contribution is 6.74. The van der Waals surface area contributed by atoms with Crippen LogP contribution in [0, 0.1) is 5.92 Å². The summed E-state index contributed by atoms with van der Waals surface area (Å²) in [6, 6.07) is -0.804. The molecule has 1 saturated heterocycles. The molecule has 5 atom stereocenters. The van der Waals surface area contributed by atoms with E-state index in [-0.39, 0.29) is 17.6 Å². The van der Waals surface area contributed by atoms with E-state index in [2.05, 4.69) is 43.9 Å². The van der Waals surface area contributed by atoms with Crippen LogP contribution in [0.15, 0.2) is 5.11 Å². The normalized spacial score (nSPS) is 34.4. The molecule has 3 unspecified atom stereocenters. The summed E-state index contributed by atoms with van der Waals surface area (Å²) in [7, 11) is -2.16. The SMILES string of the molecule is C[C@@H]1C(CO)OC(O[Si](C)(C)C(C)(C)C)C(N=[N+]=[N-])[C@H]1O. The van der Waals surface area contributed by atoms with Crippen molar-refractivity contribution in [3.8, 4) is 0 Å². The smallest absolute Gasteiger partial charge is 0.195 e. The molecule has 0 radical (unpaired) electrons. The molecule has 1 fully saturated rings. The monoisotopic (exact) mass is 317 g/mol. The van der Waals surface area contributed by atoms with Gasteiger partial charge in [0.2, 0.25) is 0 Å². The highest BCUT2D eigenvalue weighted by Gasteiger charge is 2.47. The first kappa shape index (κ1) is 18.4. The van der Waals surface area contributed by atoms with Crippen LogP contribution in [0.2, 0.25) is 18.1 Å². The van der Waals surface area contributed by atoms with Gasteiger partial charge in [-0.3, -0.25) is 0 Å². The largest absolute Gasteiger partial charge is 0.394 e. The number of hydrogen-bond acceptors (Lipinski definition) is 5. The maximum atomic E-state index is 10.3. The van der Waals surface area contributed by atoms with Gasteiger partial charge in [-0.15, -0.1) is 0 Å². The molecule has 0 aromatic rings. The van der Waals surface area contributed by atoms with E-state index >= 15 is 0 Å². The van der Waals surface area contributed by atoms with E-state index in [1.54, 1.807) is 6.92 Å². The second kappa shape index (κ2) is 6.64. The van der Waals surface area contributed by atoms with Gasteiger partial charge in [-0.2, -0.15) is 0 Å². The van der Waals surface area contributed by atoms with Crippen molar-refractivity contribution < 1.29 is 19.4 Å². The van der Waals surface area contributed by atoms with Crippen molar-refractivity contribution in [3.63, 3.8) is 0 Å². The van der Waals surface area contributed by atoms with Crippen molar-refractivity contribution in [2.45, 2.75) is 70.4 Å². The molecular formula is C13H27N3O4Si. The van der Waals surface area contributed by atoms with Gasteiger partial charge >= 0.3 is 0 Å². The Kier molecular flexibility index (Phi) is 5.82. The molecule has 21 heavy (non-hydrogen) atoms. The second-order valence-corrected chi connectivity index (χ2v) is 11.9. The minimum atomic E-state index is -2.16. The van der Waals surface area contributed by atoms with Gasteiger partial charge in [-0.05, 0) is 23.7 Å². The number of rotatable bonds is 4. The zero-order valence-electron chi connectivity index (χ0n) is 13.6. The van der Waals surface area contributed by atoms with Gasteiger partial charge < -0.3 is 19.4 Å². The lowest BCUT2D eigenvalue weighted by Crippen LogP contribution is -2.58. The second-order valence-electron chi connectivity index (χ2n) is 7.15. The summed E-state index contributed by atoms with van der Waals surface area (Å²) < 4.78 is 11.9. The van der Waals surface area contributed by atoms with Crippen LogP contribution in [0.1, 0.15) is 27.7 Å². The van der Waals surface area contributed by atoms with Crippen LogP contribution in [0.25, 0.3) is 10.4 Å². The van der Waals surface area contributed by atoms with Gasteiger partial charge in [0.05, 0.1) is 18.8 Å². The average Bonchev–Trinajstić information content (AvgIpc) is 2.36. The fourth-order valence-corrected chi connectivity index (χ4v) is 3.15. The van der Waals surface area contributed by atoms with E-state index in [0.717, 1.165) is 0 Å². The number of ether oxygens (including phenoxy) is 1. The van der Waals surface area contributed by atoms with Gasteiger partial charge in [0, 0.05) is 10.8 Å². The Hall–Kier alpha value is -0.633. The molecule has 0 spiro atoms. The molecule has 1 aliphatic rings. The molecule has 1 heterocycles. The van der Waals surface area contributed by atoms with Crippen molar-refractivity contribution >= 4 is 8.32 Å². The van der Waals surface area contributed by atoms with E-state index in [0.29, 0.717) is 0 Å². The van der Waals surface area contributed by atoms with Gasteiger partial charge in [0.1, 0.15) is 6.04 Å². The van der Waals surface area contributed by atoms with Crippen LogP contribution >= 0.6 is 0 Å². The summed E-state index contributed by atoms with van der Waals surface area (Å²) in [5.74, 6) is -0.329. The van der Waals surface area contributed by atoms with E-state index in [1.165, 1.54) is 0 Å². The minimum absolute atomic E-state index is 0.0417. The van der Waals surface area contributed by atoms with Crippen LogP contribution in [0.5, 0.6) is 0 Å². The number of nitrogens with zero attached hydrogens (tertiary/aromatic N) is 3. The topological polar surface area (TPSA) is 108 Å². The number of aliphatic hydroxyl groups is 2. The summed E-state index contributed by atoms with van der Waals surface area (Å²) in [6.07, 6.45) is -2.26. The summed E-state index contributed by atoms with van der Waals surface area (Å²) in [5.41, 5.74) is 8.72. The molecular weight excluding hydrogens is 290 g/mol. The minimum Gasteiger partial charge on any atom is -0.394 e. The molecule has 1 rings (SSSR count). The Bertz CT molecular complexity index is 407. The first-order chi connectivity index (χ1) is 9.55. The maximum absolute atomic E-state index is 10.3. The fourth-order valence-electron chi connectivity index (χ4n) is 2.02. The van der Waals surface area contributed by atoms with Crippen LogP contribution in [-0.2, 0) is 9.16 Å². The highest BCUT2D eigenvalue weighted by atomic mass is 28.4. The summed E-state index contributed by atoms with van der Waals surface area (Å²) >= 11 is 0.